The molecule has 94 valence electrons. The van der Waals surface area contributed by atoms with E-state index in [4.69, 9.17) is 46.4 Å². The van der Waals surface area contributed by atoms with E-state index in [2.05, 4.69) is 0 Å². The van der Waals surface area contributed by atoms with E-state index >= 15 is 0 Å². The number of carbonyl (C=O) groups is 1. The van der Waals surface area contributed by atoms with E-state index in [1.54, 1.807) is 0 Å². The van der Waals surface area contributed by atoms with Crippen LogP contribution in [0, 0.1) is 5.92 Å². The lowest BCUT2D eigenvalue weighted by Gasteiger charge is -2.14. The summed E-state index contributed by atoms with van der Waals surface area (Å²) in [5.41, 5.74) is 0.274. The zero-order chi connectivity index (χ0) is 13.2. The van der Waals surface area contributed by atoms with Crippen LogP contribution >= 0.6 is 46.4 Å². The fourth-order valence-electron chi connectivity index (χ4n) is 1.66. The third-order valence-electron chi connectivity index (χ3n) is 2.72. The molecule has 1 aromatic rings. The summed E-state index contributed by atoms with van der Waals surface area (Å²) in [6, 6.07) is 1.45. The van der Waals surface area contributed by atoms with Crippen LogP contribution in [0.5, 0.6) is 0 Å². The summed E-state index contributed by atoms with van der Waals surface area (Å²) in [7, 11) is 0. The fraction of sp³-hybridized carbons (Fsp3) is 0.417. The predicted molar refractivity (Wildman–Crippen MR) is 74.9 cm³/mol. The lowest BCUT2D eigenvalue weighted by atomic mass is 9.93. The number of rotatable bonds is 4. The number of hydrogen-bond donors (Lipinski definition) is 0. The summed E-state index contributed by atoms with van der Waals surface area (Å²) >= 11 is 23.8. The largest absolute Gasteiger partial charge is 0.294 e. The van der Waals surface area contributed by atoms with Gasteiger partial charge in [0.1, 0.15) is 0 Å². The molecule has 0 bridgehead atoms. The Morgan fingerprint density at radius 3 is 2.06 bits per heavy atom. The van der Waals surface area contributed by atoms with Crippen LogP contribution < -0.4 is 0 Å². The fourth-order valence-corrected chi connectivity index (χ4v) is 2.75. The monoisotopic (exact) mass is 312 g/mol. The van der Waals surface area contributed by atoms with Crippen LogP contribution in [0.15, 0.2) is 6.07 Å². The molecule has 0 aliphatic rings. The quantitative estimate of drug-likeness (QED) is 0.383. The van der Waals surface area contributed by atoms with Gasteiger partial charge in [0.05, 0.1) is 25.7 Å². The average Bonchev–Trinajstić information content (AvgIpc) is 2.28. The molecule has 0 amide bonds. The van der Waals surface area contributed by atoms with E-state index in [1.807, 2.05) is 13.8 Å². The van der Waals surface area contributed by atoms with Gasteiger partial charge in [-0.25, -0.2) is 0 Å². The first-order valence-electron chi connectivity index (χ1n) is 5.31. The van der Waals surface area contributed by atoms with Gasteiger partial charge in [0, 0.05) is 5.92 Å². The zero-order valence-electron chi connectivity index (χ0n) is 9.49. The summed E-state index contributed by atoms with van der Waals surface area (Å²) in [6.45, 7) is 3.90. The first-order chi connectivity index (χ1) is 7.93. The van der Waals surface area contributed by atoms with Crippen molar-refractivity contribution in [1.82, 2.24) is 0 Å². The number of ketones is 1. The summed E-state index contributed by atoms with van der Waals surface area (Å²) < 4.78 is 0. The lowest BCUT2D eigenvalue weighted by Crippen LogP contribution is -2.14. The van der Waals surface area contributed by atoms with Gasteiger partial charge in [0.15, 0.2) is 5.78 Å². The highest BCUT2D eigenvalue weighted by Gasteiger charge is 2.24. The molecule has 0 radical (unpaired) electrons. The van der Waals surface area contributed by atoms with Crippen molar-refractivity contribution in [3.63, 3.8) is 0 Å². The van der Waals surface area contributed by atoms with Crippen LogP contribution in [0.25, 0.3) is 0 Å². The molecule has 0 heterocycles. The number of hydrogen-bond acceptors (Lipinski definition) is 1. The number of Topliss-reactive ketones (excluding diaryl/α,β-unsaturated/α-hetero) is 1. The van der Waals surface area contributed by atoms with Gasteiger partial charge in [-0.3, -0.25) is 4.79 Å². The molecule has 0 N–H and O–H groups in total. The van der Waals surface area contributed by atoms with E-state index in [0.29, 0.717) is 0 Å². The maximum atomic E-state index is 12.2. The standard InChI is InChI=1S/C12H12Cl4O/c1-3-6(4-2)12(17)9-7(13)5-8(14)10(15)11(9)16/h5-6H,3-4H2,1-2H3. The van der Waals surface area contributed by atoms with Crippen molar-refractivity contribution in [2.75, 3.05) is 0 Å². The first kappa shape index (κ1) is 15.1. The van der Waals surface area contributed by atoms with Crippen molar-refractivity contribution >= 4 is 52.2 Å². The summed E-state index contributed by atoms with van der Waals surface area (Å²) in [4.78, 5) is 12.2. The Morgan fingerprint density at radius 2 is 1.59 bits per heavy atom. The van der Waals surface area contributed by atoms with E-state index in [1.165, 1.54) is 6.07 Å². The Kier molecular flexibility index (Phi) is 5.59. The first-order valence-corrected chi connectivity index (χ1v) is 6.82. The Hall–Kier alpha value is 0.0500. The number of benzene rings is 1. The van der Waals surface area contributed by atoms with Crippen molar-refractivity contribution in [2.45, 2.75) is 26.7 Å². The van der Waals surface area contributed by atoms with E-state index < -0.39 is 0 Å². The van der Waals surface area contributed by atoms with Gasteiger partial charge in [-0.15, -0.1) is 0 Å². The Morgan fingerprint density at radius 1 is 1.06 bits per heavy atom. The smallest absolute Gasteiger partial charge is 0.168 e. The van der Waals surface area contributed by atoms with Crippen molar-refractivity contribution in [3.8, 4) is 0 Å². The third kappa shape index (κ3) is 3.08. The number of carbonyl (C=O) groups excluding carboxylic acids is 1. The van der Waals surface area contributed by atoms with Gasteiger partial charge in [-0.05, 0) is 18.9 Å². The third-order valence-corrected chi connectivity index (χ3v) is 4.28. The molecule has 1 aromatic carbocycles. The van der Waals surface area contributed by atoms with Gasteiger partial charge < -0.3 is 0 Å². The molecule has 1 rings (SSSR count). The van der Waals surface area contributed by atoms with Crippen molar-refractivity contribution in [2.24, 2.45) is 5.92 Å². The van der Waals surface area contributed by atoms with Crippen molar-refractivity contribution in [3.05, 3.63) is 31.7 Å². The van der Waals surface area contributed by atoms with Gasteiger partial charge >= 0.3 is 0 Å². The molecule has 0 saturated heterocycles. The van der Waals surface area contributed by atoms with Crippen LogP contribution in [0.2, 0.25) is 20.1 Å². The van der Waals surface area contributed by atoms with Crippen LogP contribution in [-0.4, -0.2) is 5.78 Å². The Balaban J connectivity index is 3.32. The summed E-state index contributed by atoms with van der Waals surface area (Å²) in [6.07, 6.45) is 1.48. The molecule has 0 unspecified atom stereocenters. The van der Waals surface area contributed by atoms with Gasteiger partial charge in [0.2, 0.25) is 0 Å². The average molecular weight is 314 g/mol. The predicted octanol–water partition coefficient (Wildman–Crippen LogP) is 5.92. The molecule has 0 aliphatic carbocycles. The van der Waals surface area contributed by atoms with Crippen molar-refractivity contribution < 1.29 is 4.79 Å². The second-order valence-corrected chi connectivity index (χ2v) is 5.29. The molecular formula is C12H12Cl4O. The van der Waals surface area contributed by atoms with E-state index in [9.17, 15) is 4.79 Å². The minimum absolute atomic E-state index is 0.0800. The van der Waals surface area contributed by atoms with Crippen LogP contribution in [0.3, 0.4) is 0 Å². The molecule has 0 aliphatic heterocycles. The van der Waals surface area contributed by atoms with Gasteiger partial charge in [0.25, 0.3) is 0 Å². The zero-order valence-corrected chi connectivity index (χ0v) is 12.5. The van der Waals surface area contributed by atoms with Gasteiger partial charge in [-0.2, -0.15) is 0 Å². The molecule has 5 heteroatoms. The highest BCUT2D eigenvalue weighted by Crippen LogP contribution is 2.39. The molecule has 0 aromatic heterocycles. The molecule has 1 nitrogen and oxygen atoms in total. The minimum Gasteiger partial charge on any atom is -0.294 e. The maximum absolute atomic E-state index is 12.2. The van der Waals surface area contributed by atoms with E-state index in [0.717, 1.165) is 12.8 Å². The maximum Gasteiger partial charge on any atom is 0.168 e. The summed E-state index contributed by atoms with van der Waals surface area (Å²) in [5.74, 6) is -0.175. The minimum atomic E-state index is -0.0951. The molecular weight excluding hydrogens is 302 g/mol. The normalized spacial score (nSPS) is 11.0. The summed E-state index contributed by atoms with van der Waals surface area (Å²) in [5, 5.41) is 0.817. The Bertz CT molecular complexity index is 439. The van der Waals surface area contributed by atoms with E-state index in [-0.39, 0.29) is 37.4 Å². The molecule has 0 spiro atoms. The lowest BCUT2D eigenvalue weighted by molar-refractivity contribution is 0.0914. The van der Waals surface area contributed by atoms with Crippen LogP contribution in [0.1, 0.15) is 37.0 Å². The highest BCUT2D eigenvalue weighted by atomic mass is 35.5. The van der Waals surface area contributed by atoms with Crippen molar-refractivity contribution in [1.29, 1.82) is 0 Å². The highest BCUT2D eigenvalue weighted by molar-refractivity contribution is 6.51. The van der Waals surface area contributed by atoms with Gasteiger partial charge in [-0.1, -0.05) is 60.3 Å². The number of halogens is 4. The second kappa shape index (κ2) is 6.29. The molecule has 0 saturated carbocycles. The van der Waals surface area contributed by atoms with Crippen LogP contribution in [-0.2, 0) is 0 Å². The second-order valence-electron chi connectivity index (χ2n) is 3.72. The van der Waals surface area contributed by atoms with Crippen LogP contribution in [0.4, 0.5) is 0 Å². The SMILES string of the molecule is CCC(CC)C(=O)c1c(Cl)cc(Cl)c(Cl)c1Cl. The Labute approximate surface area is 121 Å². The molecule has 17 heavy (non-hydrogen) atoms. The molecule has 0 atom stereocenters. The topological polar surface area (TPSA) is 17.1 Å². The molecule has 0 fully saturated rings.